The lowest BCUT2D eigenvalue weighted by Gasteiger charge is -2.42. The zero-order valence-electron chi connectivity index (χ0n) is 17.6. The van der Waals surface area contributed by atoms with Gasteiger partial charge in [0.25, 0.3) is 5.56 Å². The van der Waals surface area contributed by atoms with Crippen molar-refractivity contribution in [3.8, 4) is 0 Å². The molecule has 3 aliphatic heterocycles. The van der Waals surface area contributed by atoms with Crippen LogP contribution in [-0.2, 0) is 26.2 Å². The topological polar surface area (TPSA) is 46.3 Å². The van der Waals surface area contributed by atoms with E-state index in [1.165, 1.54) is 31.4 Å². The molecule has 5 heterocycles. The van der Waals surface area contributed by atoms with Gasteiger partial charge < -0.3 is 4.57 Å². The molecule has 2 saturated heterocycles. The van der Waals surface area contributed by atoms with Crippen molar-refractivity contribution in [3.05, 3.63) is 51.7 Å². The number of nitrogens with zero attached hydrogens (tertiary/aromatic N) is 5. The van der Waals surface area contributed by atoms with E-state index in [1.54, 1.807) is 0 Å². The lowest BCUT2D eigenvalue weighted by atomic mass is 9.83. The van der Waals surface area contributed by atoms with Crippen LogP contribution in [0.3, 0.4) is 0 Å². The number of pyridine rings is 1. The maximum atomic E-state index is 13.2. The van der Waals surface area contributed by atoms with Gasteiger partial charge in [0, 0.05) is 62.6 Å². The lowest BCUT2D eigenvalue weighted by Crippen LogP contribution is -2.47. The van der Waals surface area contributed by atoms with Crippen molar-refractivity contribution in [2.24, 2.45) is 5.92 Å². The Kier molecular flexibility index (Phi) is 5.31. The maximum Gasteiger partial charge on any atom is 0.255 e. The van der Waals surface area contributed by atoms with E-state index in [0.29, 0.717) is 11.8 Å². The van der Waals surface area contributed by atoms with Crippen LogP contribution in [0.1, 0.15) is 55.5 Å². The summed E-state index contributed by atoms with van der Waals surface area (Å²) in [6.45, 7) is 10.0. The highest BCUT2D eigenvalue weighted by Crippen LogP contribution is 2.35. The summed E-state index contributed by atoms with van der Waals surface area (Å²) in [6, 6.07) is 6.50. The molecule has 156 valence electrons. The average molecular weight is 396 g/mol. The number of aryl methyl sites for hydroxylation is 1. The van der Waals surface area contributed by atoms with Gasteiger partial charge in [0.1, 0.15) is 0 Å². The third-order valence-corrected chi connectivity index (χ3v) is 7.01. The van der Waals surface area contributed by atoms with Gasteiger partial charge in [0.2, 0.25) is 0 Å². The zero-order valence-corrected chi connectivity index (χ0v) is 17.6. The number of piperidine rings is 2. The minimum absolute atomic E-state index is 0.262. The molecular formula is C23H33N5O. The largest absolute Gasteiger partial charge is 0.312 e. The van der Waals surface area contributed by atoms with E-state index in [0.717, 1.165) is 63.6 Å². The Balaban J connectivity index is 1.32. The van der Waals surface area contributed by atoms with Crippen molar-refractivity contribution in [2.45, 2.75) is 64.7 Å². The van der Waals surface area contributed by atoms with Crippen molar-refractivity contribution in [3.63, 3.8) is 0 Å². The molecule has 2 atom stereocenters. The fraction of sp³-hybridized carbons (Fsp3) is 0.652. The molecule has 6 heteroatoms. The van der Waals surface area contributed by atoms with Gasteiger partial charge in [-0.05, 0) is 57.3 Å². The summed E-state index contributed by atoms with van der Waals surface area (Å²) in [5, 5.41) is 4.66. The summed E-state index contributed by atoms with van der Waals surface area (Å²) in [6.07, 6.45) is 7.15. The van der Waals surface area contributed by atoms with E-state index in [2.05, 4.69) is 50.8 Å². The Morgan fingerprint density at radius 1 is 1.00 bits per heavy atom. The molecule has 3 aliphatic rings. The monoisotopic (exact) mass is 395 g/mol. The van der Waals surface area contributed by atoms with Crippen LogP contribution < -0.4 is 5.56 Å². The molecular weight excluding hydrogens is 362 g/mol. The third-order valence-electron chi connectivity index (χ3n) is 7.01. The van der Waals surface area contributed by atoms with Crippen molar-refractivity contribution >= 4 is 0 Å². The minimum Gasteiger partial charge on any atom is -0.312 e. The lowest BCUT2D eigenvalue weighted by molar-refractivity contribution is 0.112. The molecule has 5 rings (SSSR count). The smallest absolute Gasteiger partial charge is 0.255 e. The van der Waals surface area contributed by atoms with Crippen molar-refractivity contribution in [1.82, 2.24) is 24.1 Å². The molecule has 0 amide bonds. The fourth-order valence-electron chi connectivity index (χ4n) is 5.59. The van der Waals surface area contributed by atoms with Gasteiger partial charge in [-0.3, -0.25) is 19.3 Å². The van der Waals surface area contributed by atoms with Crippen molar-refractivity contribution < 1.29 is 0 Å². The number of fused-ring (bicyclic) bond motifs is 4. The van der Waals surface area contributed by atoms with Crippen LogP contribution in [0.4, 0.5) is 0 Å². The first-order valence-corrected chi connectivity index (χ1v) is 11.4. The van der Waals surface area contributed by atoms with Crippen molar-refractivity contribution in [2.75, 3.05) is 26.2 Å². The second-order valence-electron chi connectivity index (χ2n) is 9.19. The van der Waals surface area contributed by atoms with Crippen LogP contribution in [0.5, 0.6) is 0 Å². The SMILES string of the molecule is CCn1ccc(CN2C[C@@H]3C[C@H](C2)c2ccc(CN4CCCCC4)c(=O)n2C3)n1. The predicted molar refractivity (Wildman–Crippen MR) is 114 cm³/mol. The molecule has 29 heavy (non-hydrogen) atoms. The Morgan fingerprint density at radius 3 is 2.66 bits per heavy atom. The van der Waals surface area contributed by atoms with Gasteiger partial charge in [-0.1, -0.05) is 12.5 Å². The highest BCUT2D eigenvalue weighted by Gasteiger charge is 2.35. The van der Waals surface area contributed by atoms with Gasteiger partial charge in [-0.25, -0.2) is 0 Å². The normalized spacial score (nSPS) is 25.1. The average Bonchev–Trinajstić information content (AvgIpc) is 3.19. The third kappa shape index (κ3) is 3.92. The standard InChI is InChI=1S/C23H33N5O/c1-2-27-11-8-21(24-27)17-26-13-18-12-20(16-26)22-7-6-19(23(29)28(22)14-18)15-25-9-4-3-5-10-25/h6-8,11,18,20H,2-5,9-10,12-17H2,1H3/t18-,20+/m0/s1. The summed E-state index contributed by atoms with van der Waals surface area (Å²) in [7, 11) is 0. The van der Waals surface area contributed by atoms with Crippen LogP contribution in [0.15, 0.2) is 29.2 Å². The quantitative estimate of drug-likeness (QED) is 0.781. The number of aromatic nitrogens is 3. The van der Waals surface area contributed by atoms with Crippen LogP contribution in [-0.4, -0.2) is 50.3 Å². The number of hydrogen-bond donors (Lipinski definition) is 0. The van der Waals surface area contributed by atoms with E-state index < -0.39 is 0 Å². The van der Waals surface area contributed by atoms with Crippen molar-refractivity contribution in [1.29, 1.82) is 0 Å². The number of hydrogen-bond acceptors (Lipinski definition) is 4. The fourth-order valence-corrected chi connectivity index (χ4v) is 5.59. The van der Waals surface area contributed by atoms with Gasteiger partial charge in [0.15, 0.2) is 0 Å². The van der Waals surface area contributed by atoms with E-state index in [-0.39, 0.29) is 5.56 Å². The first-order chi connectivity index (χ1) is 14.2. The molecule has 2 aromatic rings. The summed E-state index contributed by atoms with van der Waals surface area (Å²) in [5.41, 5.74) is 3.65. The molecule has 2 fully saturated rings. The van der Waals surface area contributed by atoms with Gasteiger partial charge >= 0.3 is 0 Å². The molecule has 0 unspecified atom stereocenters. The van der Waals surface area contributed by atoms with Gasteiger partial charge in [-0.15, -0.1) is 0 Å². The molecule has 0 radical (unpaired) electrons. The second kappa shape index (κ2) is 8.07. The summed E-state index contributed by atoms with van der Waals surface area (Å²) in [5.74, 6) is 1.03. The minimum atomic E-state index is 0.262. The number of rotatable bonds is 5. The first-order valence-electron chi connectivity index (χ1n) is 11.4. The summed E-state index contributed by atoms with van der Waals surface area (Å²) >= 11 is 0. The molecule has 0 spiro atoms. The van der Waals surface area contributed by atoms with Crippen LogP contribution in [0.25, 0.3) is 0 Å². The molecule has 0 aromatic carbocycles. The molecule has 2 aromatic heterocycles. The Bertz CT molecular complexity index is 910. The van der Waals surface area contributed by atoms with Gasteiger partial charge in [-0.2, -0.15) is 5.10 Å². The highest BCUT2D eigenvalue weighted by atomic mass is 16.1. The predicted octanol–water partition coefficient (Wildman–Crippen LogP) is 2.67. The summed E-state index contributed by atoms with van der Waals surface area (Å²) < 4.78 is 4.11. The van der Waals surface area contributed by atoms with E-state index in [4.69, 9.17) is 0 Å². The Labute approximate surface area is 173 Å². The van der Waals surface area contributed by atoms with Crippen LogP contribution in [0.2, 0.25) is 0 Å². The zero-order chi connectivity index (χ0) is 19.8. The summed E-state index contributed by atoms with van der Waals surface area (Å²) in [4.78, 5) is 18.2. The second-order valence-corrected chi connectivity index (χ2v) is 9.19. The van der Waals surface area contributed by atoms with Crippen LogP contribution in [0, 0.1) is 5.92 Å². The first kappa shape index (κ1) is 19.1. The molecule has 2 bridgehead atoms. The van der Waals surface area contributed by atoms with Gasteiger partial charge in [0.05, 0.1) is 5.69 Å². The van der Waals surface area contributed by atoms with E-state index >= 15 is 0 Å². The van der Waals surface area contributed by atoms with Crippen LogP contribution >= 0.6 is 0 Å². The van der Waals surface area contributed by atoms with E-state index in [9.17, 15) is 4.79 Å². The highest BCUT2D eigenvalue weighted by molar-refractivity contribution is 5.22. The Morgan fingerprint density at radius 2 is 1.86 bits per heavy atom. The Hall–Kier alpha value is -1.92. The molecule has 0 saturated carbocycles. The maximum absolute atomic E-state index is 13.2. The van der Waals surface area contributed by atoms with E-state index in [1.807, 2.05) is 4.68 Å². The number of likely N-dealkylation sites (tertiary alicyclic amines) is 2. The molecule has 0 aliphatic carbocycles. The molecule has 0 N–H and O–H groups in total. The molecule has 6 nitrogen and oxygen atoms in total.